The van der Waals surface area contributed by atoms with Gasteiger partial charge in [-0.1, -0.05) is 54.9 Å². The van der Waals surface area contributed by atoms with Gasteiger partial charge in [-0.05, 0) is 36.6 Å². The Hall–Kier alpha value is -2.86. The quantitative estimate of drug-likeness (QED) is 0.485. The maximum Gasteiger partial charge on any atom is 0.331 e. The van der Waals surface area contributed by atoms with Crippen molar-refractivity contribution in [1.29, 1.82) is 0 Å². The lowest BCUT2D eigenvalue weighted by atomic mass is 9.87. The van der Waals surface area contributed by atoms with Gasteiger partial charge in [-0.3, -0.25) is 9.69 Å². The van der Waals surface area contributed by atoms with E-state index in [4.69, 9.17) is 16.3 Å². The number of esters is 1. The summed E-state index contributed by atoms with van der Waals surface area (Å²) in [5.74, 6) is -1.03. The second-order valence-electron chi connectivity index (χ2n) is 6.35. The summed E-state index contributed by atoms with van der Waals surface area (Å²) in [6.07, 6.45) is 0.358. The summed E-state index contributed by atoms with van der Waals surface area (Å²) < 4.78 is 5.25. The van der Waals surface area contributed by atoms with E-state index in [0.717, 1.165) is 10.5 Å². The Kier molecular flexibility index (Phi) is 5.19. The number of imide groups is 1. The molecule has 0 saturated carbocycles. The van der Waals surface area contributed by atoms with Crippen molar-refractivity contribution in [2.75, 3.05) is 6.54 Å². The van der Waals surface area contributed by atoms with Gasteiger partial charge in [0, 0.05) is 0 Å². The van der Waals surface area contributed by atoms with Crippen LogP contribution in [0.25, 0.3) is 0 Å². The number of rotatable bonds is 5. The van der Waals surface area contributed by atoms with Gasteiger partial charge < -0.3 is 10.1 Å². The zero-order chi connectivity index (χ0) is 19.6. The fraction of sp³-hybridized carbons (Fsp3) is 0.250. The van der Waals surface area contributed by atoms with Gasteiger partial charge in [0.05, 0.1) is 5.02 Å². The first-order valence-electron chi connectivity index (χ1n) is 8.54. The molecule has 0 radical (unpaired) electrons. The summed E-state index contributed by atoms with van der Waals surface area (Å²) in [6.45, 7) is 3.14. The zero-order valence-corrected chi connectivity index (χ0v) is 15.7. The molecule has 140 valence electrons. The maximum atomic E-state index is 13.0. The third-order valence-corrected chi connectivity index (χ3v) is 4.88. The van der Waals surface area contributed by atoms with Crippen molar-refractivity contribution in [3.8, 4) is 5.75 Å². The van der Waals surface area contributed by atoms with Crippen molar-refractivity contribution < 1.29 is 19.1 Å². The highest BCUT2D eigenvalue weighted by Gasteiger charge is 2.51. The average molecular weight is 387 g/mol. The highest BCUT2D eigenvalue weighted by molar-refractivity contribution is 6.32. The van der Waals surface area contributed by atoms with E-state index in [1.807, 2.05) is 13.0 Å². The average Bonchev–Trinajstić information content (AvgIpc) is 2.90. The fourth-order valence-corrected chi connectivity index (χ4v) is 3.26. The number of benzene rings is 2. The number of carbonyl (C=O) groups excluding carboxylic acids is 3. The van der Waals surface area contributed by atoms with Crippen molar-refractivity contribution in [2.45, 2.75) is 25.8 Å². The van der Waals surface area contributed by atoms with Crippen molar-refractivity contribution in [3.63, 3.8) is 0 Å². The van der Waals surface area contributed by atoms with Gasteiger partial charge >= 0.3 is 12.0 Å². The predicted molar refractivity (Wildman–Crippen MR) is 100 cm³/mol. The van der Waals surface area contributed by atoms with E-state index in [-0.39, 0.29) is 10.8 Å². The molecular weight excluding hydrogens is 368 g/mol. The van der Waals surface area contributed by atoms with Crippen LogP contribution >= 0.6 is 11.6 Å². The van der Waals surface area contributed by atoms with Gasteiger partial charge in [0.25, 0.3) is 5.91 Å². The molecule has 0 bridgehead atoms. The molecule has 1 N–H and O–H groups in total. The SMILES string of the molecule is CCC1(c2ccccc2)NC(=O)N(CC(=O)Oc2cc(C)ccc2Cl)C1=O. The van der Waals surface area contributed by atoms with E-state index in [1.54, 1.807) is 49.4 Å². The molecule has 2 aromatic rings. The molecule has 1 atom stereocenters. The van der Waals surface area contributed by atoms with Crippen LogP contribution in [0.1, 0.15) is 24.5 Å². The monoisotopic (exact) mass is 386 g/mol. The first-order valence-corrected chi connectivity index (χ1v) is 8.91. The molecule has 7 heteroatoms. The lowest BCUT2D eigenvalue weighted by Gasteiger charge is -2.25. The molecule has 1 unspecified atom stereocenters. The van der Waals surface area contributed by atoms with Crippen LogP contribution in [-0.4, -0.2) is 29.4 Å². The zero-order valence-electron chi connectivity index (χ0n) is 15.0. The van der Waals surface area contributed by atoms with Crippen molar-refractivity contribution in [3.05, 3.63) is 64.7 Å². The minimum atomic E-state index is -1.18. The van der Waals surface area contributed by atoms with Crippen molar-refractivity contribution in [1.82, 2.24) is 10.2 Å². The number of hydrogen-bond donors (Lipinski definition) is 1. The molecule has 1 heterocycles. The van der Waals surface area contributed by atoms with E-state index < -0.39 is 30.0 Å². The Labute approximate surface area is 162 Å². The molecule has 0 aliphatic carbocycles. The van der Waals surface area contributed by atoms with Crippen LogP contribution in [-0.2, 0) is 15.1 Å². The number of urea groups is 1. The number of nitrogens with zero attached hydrogens (tertiary/aromatic N) is 1. The lowest BCUT2D eigenvalue weighted by Crippen LogP contribution is -2.44. The molecule has 6 nitrogen and oxygen atoms in total. The van der Waals surface area contributed by atoms with E-state index in [1.165, 1.54) is 0 Å². The van der Waals surface area contributed by atoms with Gasteiger partial charge in [-0.25, -0.2) is 9.59 Å². The molecule has 1 fully saturated rings. The molecular formula is C20H19ClN2O4. The standard InChI is InChI=1S/C20H19ClN2O4/c1-3-20(14-7-5-4-6-8-14)18(25)23(19(26)22-20)12-17(24)27-16-11-13(2)9-10-15(16)21/h4-11H,3,12H2,1-2H3,(H,22,26). The van der Waals surface area contributed by atoms with Gasteiger partial charge in [-0.15, -0.1) is 0 Å². The summed E-state index contributed by atoms with van der Waals surface area (Å²) in [7, 11) is 0. The van der Waals surface area contributed by atoms with Gasteiger partial charge in [0.15, 0.2) is 0 Å². The Morgan fingerprint density at radius 2 is 1.89 bits per heavy atom. The second kappa shape index (κ2) is 7.40. The van der Waals surface area contributed by atoms with Gasteiger partial charge in [-0.2, -0.15) is 0 Å². The second-order valence-corrected chi connectivity index (χ2v) is 6.76. The van der Waals surface area contributed by atoms with Crippen LogP contribution in [0.5, 0.6) is 5.75 Å². The first-order chi connectivity index (χ1) is 12.9. The summed E-state index contributed by atoms with van der Waals surface area (Å²) in [6, 6.07) is 13.4. The van der Waals surface area contributed by atoms with Crippen LogP contribution < -0.4 is 10.1 Å². The fourth-order valence-electron chi connectivity index (χ4n) is 3.10. The molecule has 3 rings (SSSR count). The third kappa shape index (κ3) is 3.53. The van der Waals surface area contributed by atoms with Crippen LogP contribution in [0.2, 0.25) is 5.02 Å². The third-order valence-electron chi connectivity index (χ3n) is 4.57. The van der Waals surface area contributed by atoms with Gasteiger partial charge in [0.2, 0.25) is 0 Å². The van der Waals surface area contributed by atoms with E-state index in [2.05, 4.69) is 5.32 Å². The minimum Gasteiger partial charge on any atom is -0.424 e. The van der Waals surface area contributed by atoms with E-state index in [9.17, 15) is 14.4 Å². The van der Waals surface area contributed by atoms with E-state index >= 15 is 0 Å². The summed E-state index contributed by atoms with van der Waals surface area (Å²) in [5, 5.41) is 3.00. The largest absolute Gasteiger partial charge is 0.424 e. The first kappa shape index (κ1) is 18.9. The molecule has 1 saturated heterocycles. The molecule has 27 heavy (non-hydrogen) atoms. The van der Waals surface area contributed by atoms with Crippen LogP contribution in [0.3, 0.4) is 0 Å². The van der Waals surface area contributed by atoms with Crippen LogP contribution in [0.4, 0.5) is 4.79 Å². The number of aryl methyl sites for hydroxylation is 1. The van der Waals surface area contributed by atoms with Crippen LogP contribution in [0.15, 0.2) is 48.5 Å². The van der Waals surface area contributed by atoms with Crippen molar-refractivity contribution in [2.24, 2.45) is 0 Å². The Morgan fingerprint density at radius 1 is 1.19 bits per heavy atom. The molecule has 2 aromatic carbocycles. The van der Waals surface area contributed by atoms with Crippen LogP contribution in [0, 0.1) is 6.92 Å². The Balaban J connectivity index is 1.79. The number of hydrogen-bond acceptors (Lipinski definition) is 4. The summed E-state index contributed by atoms with van der Waals surface area (Å²) >= 11 is 6.03. The summed E-state index contributed by atoms with van der Waals surface area (Å²) in [5.41, 5.74) is 0.356. The van der Waals surface area contributed by atoms with Gasteiger partial charge in [0.1, 0.15) is 17.8 Å². The van der Waals surface area contributed by atoms with E-state index in [0.29, 0.717) is 12.0 Å². The topological polar surface area (TPSA) is 75.7 Å². The lowest BCUT2D eigenvalue weighted by molar-refractivity contribution is -0.141. The van der Waals surface area contributed by atoms with Crippen molar-refractivity contribution >= 4 is 29.5 Å². The maximum absolute atomic E-state index is 13.0. The number of carbonyl (C=O) groups is 3. The number of halogens is 1. The smallest absolute Gasteiger partial charge is 0.331 e. The highest BCUT2D eigenvalue weighted by Crippen LogP contribution is 2.32. The number of ether oxygens (including phenoxy) is 1. The molecule has 1 aliphatic heterocycles. The summed E-state index contributed by atoms with van der Waals surface area (Å²) in [4.78, 5) is 38.6. The molecule has 1 aliphatic rings. The highest BCUT2D eigenvalue weighted by atomic mass is 35.5. The molecule has 0 aromatic heterocycles. The molecule has 3 amide bonds. The number of nitrogens with one attached hydrogen (secondary N) is 1. The Morgan fingerprint density at radius 3 is 2.56 bits per heavy atom. The normalized spacial score (nSPS) is 19.1. The number of amides is 3. The predicted octanol–water partition coefficient (Wildman–Crippen LogP) is 3.41. The molecule has 0 spiro atoms. The minimum absolute atomic E-state index is 0.193. The Bertz CT molecular complexity index is 900.